The second kappa shape index (κ2) is 4.54. The van der Waals surface area contributed by atoms with Gasteiger partial charge < -0.3 is 4.74 Å². The highest BCUT2D eigenvalue weighted by molar-refractivity contribution is 5.76. The van der Waals surface area contributed by atoms with Crippen molar-refractivity contribution in [3.63, 3.8) is 0 Å². The van der Waals surface area contributed by atoms with Gasteiger partial charge in [0.2, 0.25) is 0 Å². The van der Waals surface area contributed by atoms with Crippen LogP contribution in [-0.4, -0.2) is 12.1 Å². The summed E-state index contributed by atoms with van der Waals surface area (Å²) in [5.74, 6) is -0.125. The minimum atomic E-state index is -0.362. The van der Waals surface area contributed by atoms with Crippen LogP contribution in [0.25, 0.3) is 0 Å². The molecule has 1 aliphatic heterocycles. The van der Waals surface area contributed by atoms with Crippen LogP contribution in [0.4, 0.5) is 0 Å². The quantitative estimate of drug-likeness (QED) is 0.766. The molecule has 0 amide bonds. The fourth-order valence-corrected chi connectivity index (χ4v) is 3.02. The lowest BCUT2D eigenvalue weighted by Gasteiger charge is -2.32. The minimum absolute atomic E-state index is 0.125. The molecule has 0 aliphatic carbocycles. The van der Waals surface area contributed by atoms with Gasteiger partial charge in [-0.25, -0.2) is 0 Å². The second-order valence-electron chi connectivity index (χ2n) is 5.01. The van der Waals surface area contributed by atoms with Crippen molar-refractivity contribution in [1.29, 1.82) is 0 Å². The van der Waals surface area contributed by atoms with Gasteiger partial charge in [0.15, 0.2) is 0 Å². The van der Waals surface area contributed by atoms with Crippen molar-refractivity contribution in [2.75, 3.05) is 0 Å². The van der Waals surface area contributed by atoms with Gasteiger partial charge in [0.1, 0.15) is 6.10 Å². The molecule has 1 atom stereocenters. The van der Waals surface area contributed by atoms with Gasteiger partial charge in [-0.3, -0.25) is 4.79 Å². The van der Waals surface area contributed by atoms with Crippen LogP contribution < -0.4 is 0 Å². The summed E-state index contributed by atoms with van der Waals surface area (Å²) in [6.07, 6.45) is 0.257. The summed E-state index contributed by atoms with van der Waals surface area (Å²) < 4.78 is 5.45. The maximum atomic E-state index is 11.8. The third-order valence-electron chi connectivity index (χ3n) is 4.00. The van der Waals surface area contributed by atoms with Gasteiger partial charge in [-0.05, 0) is 18.1 Å². The number of hydrogen-bond acceptors (Lipinski definition) is 2. The highest BCUT2D eigenvalue weighted by Gasteiger charge is 2.49. The van der Waals surface area contributed by atoms with E-state index in [-0.39, 0.29) is 17.5 Å². The Balaban J connectivity index is 2.20. The van der Waals surface area contributed by atoms with Crippen molar-refractivity contribution in [1.82, 2.24) is 0 Å². The SMILES string of the molecule is CC1OC(=O)CC1(c1ccccc1)c1ccccc1. The van der Waals surface area contributed by atoms with Crippen LogP contribution in [0.15, 0.2) is 60.7 Å². The molecule has 1 unspecified atom stereocenters. The molecule has 2 aromatic carbocycles. The van der Waals surface area contributed by atoms with Gasteiger partial charge in [-0.2, -0.15) is 0 Å². The van der Waals surface area contributed by atoms with Gasteiger partial charge in [-0.15, -0.1) is 0 Å². The van der Waals surface area contributed by atoms with Gasteiger partial charge >= 0.3 is 5.97 Å². The van der Waals surface area contributed by atoms with Crippen molar-refractivity contribution in [3.05, 3.63) is 71.8 Å². The molecule has 0 radical (unpaired) electrons. The smallest absolute Gasteiger partial charge is 0.307 e. The zero-order chi connectivity index (χ0) is 13.3. The Morgan fingerprint density at radius 3 is 1.79 bits per heavy atom. The summed E-state index contributed by atoms with van der Waals surface area (Å²) in [5, 5.41) is 0. The lowest BCUT2D eigenvalue weighted by atomic mass is 9.70. The van der Waals surface area contributed by atoms with E-state index in [1.807, 2.05) is 43.3 Å². The second-order valence-corrected chi connectivity index (χ2v) is 5.01. The van der Waals surface area contributed by atoms with Crippen LogP contribution in [0.5, 0.6) is 0 Å². The van der Waals surface area contributed by atoms with Crippen LogP contribution >= 0.6 is 0 Å². The molecule has 3 rings (SSSR count). The molecule has 2 aromatic rings. The van der Waals surface area contributed by atoms with E-state index in [1.165, 1.54) is 0 Å². The first-order chi connectivity index (χ1) is 9.23. The van der Waals surface area contributed by atoms with Gasteiger partial charge in [0.05, 0.1) is 11.8 Å². The summed E-state index contributed by atoms with van der Waals surface area (Å²) >= 11 is 0. The Morgan fingerprint density at radius 1 is 0.947 bits per heavy atom. The fraction of sp³-hybridized carbons (Fsp3) is 0.235. The Labute approximate surface area is 113 Å². The Morgan fingerprint density at radius 2 is 1.42 bits per heavy atom. The molecule has 96 valence electrons. The summed E-state index contributed by atoms with van der Waals surface area (Å²) in [4.78, 5) is 11.8. The number of carbonyl (C=O) groups is 1. The van der Waals surface area contributed by atoms with E-state index in [2.05, 4.69) is 24.3 Å². The van der Waals surface area contributed by atoms with Crippen LogP contribution in [0, 0.1) is 0 Å². The first-order valence-corrected chi connectivity index (χ1v) is 6.54. The monoisotopic (exact) mass is 252 g/mol. The van der Waals surface area contributed by atoms with Crippen molar-refractivity contribution in [2.24, 2.45) is 0 Å². The maximum Gasteiger partial charge on any atom is 0.307 e. The number of benzene rings is 2. The van der Waals surface area contributed by atoms with Gasteiger partial charge in [-0.1, -0.05) is 60.7 Å². The topological polar surface area (TPSA) is 26.3 Å². The molecule has 2 nitrogen and oxygen atoms in total. The van der Waals surface area contributed by atoms with Crippen LogP contribution in [0.1, 0.15) is 24.5 Å². The molecular formula is C17H16O2. The normalized spacial score (nSPS) is 21.1. The first-order valence-electron chi connectivity index (χ1n) is 6.54. The molecule has 0 spiro atoms. The fourth-order valence-electron chi connectivity index (χ4n) is 3.02. The Hall–Kier alpha value is -2.09. The van der Waals surface area contributed by atoms with E-state index in [1.54, 1.807) is 0 Å². The van der Waals surface area contributed by atoms with Gasteiger partial charge in [0, 0.05) is 0 Å². The summed E-state index contributed by atoms with van der Waals surface area (Å²) in [5.41, 5.74) is 1.92. The third-order valence-corrected chi connectivity index (χ3v) is 4.00. The van der Waals surface area contributed by atoms with E-state index in [4.69, 9.17) is 4.74 Å². The number of esters is 1. The number of ether oxygens (including phenoxy) is 1. The minimum Gasteiger partial charge on any atom is -0.461 e. The average molecular weight is 252 g/mol. The van der Waals surface area contributed by atoms with Crippen molar-refractivity contribution >= 4 is 5.97 Å². The maximum absolute atomic E-state index is 11.8. The van der Waals surface area contributed by atoms with E-state index < -0.39 is 0 Å². The predicted octanol–water partition coefficient (Wildman–Crippen LogP) is 3.31. The van der Waals surface area contributed by atoms with Gasteiger partial charge in [0.25, 0.3) is 0 Å². The zero-order valence-electron chi connectivity index (χ0n) is 10.9. The van der Waals surface area contributed by atoms with Crippen molar-refractivity contribution in [3.8, 4) is 0 Å². The number of rotatable bonds is 2. The first kappa shape index (κ1) is 12.0. The molecule has 1 heterocycles. The lowest BCUT2D eigenvalue weighted by molar-refractivity contribution is -0.140. The predicted molar refractivity (Wildman–Crippen MR) is 73.8 cm³/mol. The highest BCUT2D eigenvalue weighted by Crippen LogP contribution is 2.44. The largest absolute Gasteiger partial charge is 0.461 e. The van der Waals surface area contributed by atoms with E-state index in [9.17, 15) is 4.79 Å². The molecular weight excluding hydrogens is 236 g/mol. The molecule has 0 aromatic heterocycles. The highest BCUT2D eigenvalue weighted by atomic mass is 16.6. The standard InChI is InChI=1S/C17H16O2/c1-13-17(12-16(18)19-13,14-8-4-2-5-9-14)15-10-6-3-7-11-15/h2-11,13H,12H2,1H3. The molecule has 0 saturated carbocycles. The van der Waals surface area contributed by atoms with Crippen molar-refractivity contribution in [2.45, 2.75) is 24.9 Å². The van der Waals surface area contributed by atoms with E-state index in [0.29, 0.717) is 6.42 Å². The molecule has 1 aliphatic rings. The Kier molecular flexibility index (Phi) is 2.86. The Bertz CT molecular complexity index is 535. The van der Waals surface area contributed by atoms with Crippen LogP contribution in [0.2, 0.25) is 0 Å². The van der Waals surface area contributed by atoms with E-state index >= 15 is 0 Å². The molecule has 1 saturated heterocycles. The summed E-state index contributed by atoms with van der Waals surface area (Å²) in [6.45, 7) is 1.98. The van der Waals surface area contributed by atoms with Crippen LogP contribution in [0.3, 0.4) is 0 Å². The number of carbonyl (C=O) groups excluding carboxylic acids is 1. The molecule has 1 fully saturated rings. The molecule has 0 bridgehead atoms. The number of hydrogen-bond donors (Lipinski definition) is 0. The van der Waals surface area contributed by atoms with E-state index in [0.717, 1.165) is 11.1 Å². The van der Waals surface area contributed by atoms with Crippen molar-refractivity contribution < 1.29 is 9.53 Å². The van der Waals surface area contributed by atoms with Crippen LogP contribution in [-0.2, 0) is 14.9 Å². The molecule has 0 N–H and O–H groups in total. The lowest BCUT2D eigenvalue weighted by Crippen LogP contribution is -2.34. The zero-order valence-corrected chi connectivity index (χ0v) is 10.9. The average Bonchev–Trinajstić information content (AvgIpc) is 2.76. The third kappa shape index (κ3) is 1.84. The number of cyclic esters (lactones) is 1. The summed E-state index contributed by atoms with van der Waals surface area (Å²) in [7, 11) is 0. The summed E-state index contributed by atoms with van der Waals surface area (Å²) in [6, 6.07) is 20.3. The molecule has 19 heavy (non-hydrogen) atoms. The molecule has 2 heteroatoms.